The predicted molar refractivity (Wildman–Crippen MR) is 114 cm³/mol. The number of cyclic esters (lactones) is 1. The highest BCUT2D eigenvalue weighted by Gasteiger charge is 2.33. The Balaban J connectivity index is 1.23. The molecule has 2 aliphatic rings. The maximum atomic E-state index is 15.0. The van der Waals surface area contributed by atoms with Gasteiger partial charge in [0, 0.05) is 13.1 Å². The Morgan fingerprint density at radius 2 is 2.00 bits per heavy atom. The molecule has 2 aliphatic heterocycles. The van der Waals surface area contributed by atoms with Crippen molar-refractivity contribution in [2.24, 2.45) is 0 Å². The van der Waals surface area contributed by atoms with Gasteiger partial charge in [0.15, 0.2) is 11.4 Å². The number of halogens is 1. The molecule has 0 bridgehead atoms. The summed E-state index contributed by atoms with van der Waals surface area (Å²) in [5, 5.41) is 33.3. The molecule has 1 atom stereocenters. The number of ether oxygens (including phenoxy) is 1. The van der Waals surface area contributed by atoms with Crippen LogP contribution in [0.4, 0.5) is 20.6 Å². The molecule has 0 radical (unpaired) electrons. The standard InChI is InChI=1S/C21H19FN10O2/c22-19-7-16(31-13-18(34-21(31)33)12-30-11-14(8-23)26-28-30)1-2-20(19)29-5-3-15(4-6-29)32-17(9-24)10-25-27-32/h1-2,7,10-11,15,18H,3-6,12-13H2/t18-/m0/s1. The molecule has 1 aromatic carbocycles. The predicted octanol–water partition coefficient (Wildman–Crippen LogP) is 1.62. The van der Waals surface area contributed by atoms with Crippen LogP contribution in [0.3, 0.4) is 0 Å². The Bertz CT molecular complexity index is 1300. The Kier molecular flexibility index (Phi) is 5.51. The van der Waals surface area contributed by atoms with Crippen molar-refractivity contribution in [2.75, 3.05) is 29.4 Å². The summed E-state index contributed by atoms with van der Waals surface area (Å²) in [7, 11) is 0. The Labute approximate surface area is 193 Å². The average molecular weight is 462 g/mol. The van der Waals surface area contributed by atoms with E-state index in [1.54, 1.807) is 16.8 Å². The van der Waals surface area contributed by atoms with Crippen molar-refractivity contribution in [3.05, 3.63) is 47.8 Å². The zero-order chi connectivity index (χ0) is 23.7. The number of amides is 1. The summed E-state index contributed by atoms with van der Waals surface area (Å²) in [6.07, 6.45) is 3.24. The highest BCUT2D eigenvalue weighted by atomic mass is 19.1. The van der Waals surface area contributed by atoms with Gasteiger partial charge < -0.3 is 9.64 Å². The van der Waals surface area contributed by atoms with Crippen LogP contribution in [-0.2, 0) is 11.3 Å². The third kappa shape index (κ3) is 3.99. The molecule has 34 heavy (non-hydrogen) atoms. The summed E-state index contributed by atoms with van der Waals surface area (Å²) in [5.41, 5.74) is 1.45. The maximum Gasteiger partial charge on any atom is 0.414 e. The fourth-order valence-corrected chi connectivity index (χ4v) is 4.34. The molecule has 2 aromatic heterocycles. The number of carbonyl (C=O) groups is 1. The van der Waals surface area contributed by atoms with Crippen LogP contribution in [0, 0.1) is 28.5 Å². The summed E-state index contributed by atoms with van der Waals surface area (Å²) < 4.78 is 23.5. The van der Waals surface area contributed by atoms with Crippen LogP contribution < -0.4 is 9.80 Å². The number of anilines is 2. The Morgan fingerprint density at radius 3 is 2.71 bits per heavy atom. The van der Waals surface area contributed by atoms with Crippen molar-refractivity contribution in [3.8, 4) is 12.1 Å². The first-order chi connectivity index (χ1) is 16.6. The molecule has 0 saturated carbocycles. The van der Waals surface area contributed by atoms with E-state index in [1.807, 2.05) is 11.0 Å². The number of benzene rings is 1. The molecular formula is C21H19FN10O2. The van der Waals surface area contributed by atoms with Crippen LogP contribution in [0.15, 0.2) is 30.6 Å². The molecule has 4 heterocycles. The molecule has 13 heteroatoms. The minimum atomic E-state index is -0.570. The van der Waals surface area contributed by atoms with Crippen molar-refractivity contribution < 1.29 is 13.9 Å². The second-order valence-corrected chi connectivity index (χ2v) is 8.08. The van der Waals surface area contributed by atoms with E-state index in [0.29, 0.717) is 43.0 Å². The van der Waals surface area contributed by atoms with Crippen molar-refractivity contribution in [3.63, 3.8) is 0 Å². The molecule has 0 N–H and O–H groups in total. The summed E-state index contributed by atoms with van der Waals surface area (Å²) in [6.45, 7) is 1.67. The lowest BCUT2D eigenvalue weighted by Gasteiger charge is -2.34. The fourth-order valence-electron chi connectivity index (χ4n) is 4.34. The summed E-state index contributed by atoms with van der Waals surface area (Å²) >= 11 is 0. The van der Waals surface area contributed by atoms with E-state index < -0.39 is 18.0 Å². The molecule has 2 saturated heterocycles. The van der Waals surface area contributed by atoms with Gasteiger partial charge in [-0.2, -0.15) is 10.5 Å². The van der Waals surface area contributed by atoms with Crippen LogP contribution in [0.2, 0.25) is 0 Å². The fraction of sp³-hybridized carbons (Fsp3) is 0.381. The van der Waals surface area contributed by atoms with Gasteiger partial charge in [0.1, 0.15) is 24.1 Å². The van der Waals surface area contributed by atoms with E-state index in [-0.39, 0.29) is 24.8 Å². The highest BCUT2D eigenvalue weighted by Crippen LogP contribution is 2.31. The van der Waals surface area contributed by atoms with Gasteiger partial charge in [0.05, 0.1) is 42.9 Å². The minimum Gasteiger partial charge on any atom is -0.442 e. The van der Waals surface area contributed by atoms with Gasteiger partial charge in [-0.25, -0.2) is 18.5 Å². The lowest BCUT2D eigenvalue weighted by atomic mass is 10.0. The normalized spacial score (nSPS) is 18.6. The topological polar surface area (TPSA) is 142 Å². The van der Waals surface area contributed by atoms with E-state index >= 15 is 4.39 Å². The van der Waals surface area contributed by atoms with Crippen LogP contribution in [-0.4, -0.2) is 61.8 Å². The molecule has 0 aliphatic carbocycles. The second-order valence-electron chi connectivity index (χ2n) is 8.08. The van der Waals surface area contributed by atoms with Gasteiger partial charge in [-0.15, -0.1) is 10.2 Å². The van der Waals surface area contributed by atoms with Crippen molar-refractivity contribution in [1.82, 2.24) is 30.0 Å². The Hall–Kier alpha value is -4.52. The minimum absolute atomic E-state index is 0.0428. The molecule has 12 nitrogen and oxygen atoms in total. The number of hydrogen-bond donors (Lipinski definition) is 0. The largest absolute Gasteiger partial charge is 0.442 e. The van der Waals surface area contributed by atoms with Crippen molar-refractivity contribution in [1.29, 1.82) is 10.5 Å². The molecule has 172 valence electrons. The van der Waals surface area contributed by atoms with E-state index in [2.05, 4.69) is 26.7 Å². The third-order valence-corrected chi connectivity index (χ3v) is 6.00. The number of piperidine rings is 1. The van der Waals surface area contributed by atoms with Crippen LogP contribution in [0.1, 0.15) is 30.3 Å². The van der Waals surface area contributed by atoms with Crippen molar-refractivity contribution in [2.45, 2.75) is 31.5 Å². The zero-order valence-corrected chi connectivity index (χ0v) is 18.0. The van der Waals surface area contributed by atoms with Gasteiger partial charge in [-0.05, 0) is 31.0 Å². The molecule has 1 amide bonds. The molecular weight excluding hydrogens is 443 g/mol. The number of nitrogens with zero attached hydrogens (tertiary/aromatic N) is 10. The third-order valence-electron chi connectivity index (χ3n) is 6.00. The summed E-state index contributed by atoms with van der Waals surface area (Å²) in [4.78, 5) is 15.7. The second kappa shape index (κ2) is 8.78. The Morgan fingerprint density at radius 1 is 1.18 bits per heavy atom. The van der Waals surface area contributed by atoms with Crippen LogP contribution in [0.5, 0.6) is 0 Å². The molecule has 0 unspecified atom stereocenters. The molecule has 5 rings (SSSR count). The number of aromatic nitrogens is 6. The number of nitriles is 2. The highest BCUT2D eigenvalue weighted by molar-refractivity contribution is 5.90. The van der Waals surface area contributed by atoms with Crippen molar-refractivity contribution >= 4 is 17.5 Å². The summed E-state index contributed by atoms with van der Waals surface area (Å²) in [6, 6.07) is 8.71. The molecule has 3 aromatic rings. The van der Waals surface area contributed by atoms with Crippen LogP contribution >= 0.6 is 0 Å². The average Bonchev–Trinajstić information content (AvgIpc) is 3.59. The van der Waals surface area contributed by atoms with Crippen LogP contribution in [0.25, 0.3) is 0 Å². The molecule has 2 fully saturated rings. The van der Waals surface area contributed by atoms with E-state index in [4.69, 9.17) is 10.00 Å². The first kappa shape index (κ1) is 21.3. The van der Waals surface area contributed by atoms with Gasteiger partial charge in [0.25, 0.3) is 0 Å². The van der Waals surface area contributed by atoms with Gasteiger partial charge in [-0.3, -0.25) is 4.90 Å². The zero-order valence-electron chi connectivity index (χ0n) is 18.0. The van der Waals surface area contributed by atoms with Gasteiger partial charge in [-0.1, -0.05) is 10.4 Å². The lowest BCUT2D eigenvalue weighted by Crippen LogP contribution is -2.36. The first-order valence-electron chi connectivity index (χ1n) is 10.7. The quantitative estimate of drug-likeness (QED) is 0.553. The maximum absolute atomic E-state index is 15.0. The number of carbonyl (C=O) groups excluding carboxylic acids is 1. The van der Waals surface area contributed by atoms with Gasteiger partial charge in [0.2, 0.25) is 0 Å². The number of hydrogen-bond acceptors (Lipinski definition) is 9. The van der Waals surface area contributed by atoms with Gasteiger partial charge >= 0.3 is 6.09 Å². The smallest absolute Gasteiger partial charge is 0.414 e. The number of rotatable bonds is 5. The summed E-state index contributed by atoms with van der Waals surface area (Å²) in [5.74, 6) is -0.430. The first-order valence-corrected chi connectivity index (χ1v) is 10.7. The van der Waals surface area contributed by atoms with E-state index in [9.17, 15) is 10.1 Å². The molecule has 0 spiro atoms. The lowest BCUT2D eigenvalue weighted by molar-refractivity contribution is 0.129. The SMILES string of the molecule is N#Cc1cn(C[C@H]2CN(c3ccc(N4CCC(n5nncc5C#N)CC4)c(F)c3)C(=O)O2)nn1. The monoisotopic (exact) mass is 462 g/mol. The van der Waals surface area contributed by atoms with E-state index in [0.717, 1.165) is 0 Å². The van der Waals surface area contributed by atoms with E-state index in [1.165, 1.54) is 28.0 Å².